The fraction of sp³-hybridized carbons (Fsp3) is 0.861. The number of aliphatic hydroxyl groups is 2. The van der Waals surface area contributed by atoms with Crippen LogP contribution in [0.5, 0.6) is 0 Å². The minimum absolute atomic E-state index is 0.00376. The molecule has 2 unspecified atom stereocenters. The van der Waals surface area contributed by atoms with E-state index >= 15 is 0 Å². The average molecular weight is 1090 g/mol. The topological polar surface area (TPSA) is 95.9 Å². The summed E-state index contributed by atoms with van der Waals surface area (Å²) in [4.78, 5) is 24.6. The highest BCUT2D eigenvalue weighted by molar-refractivity contribution is 5.76. The number of esters is 1. The minimum atomic E-state index is -0.853. The quantitative estimate of drug-likeness (QED) is 0.0320. The summed E-state index contributed by atoms with van der Waals surface area (Å²) in [5, 5.41) is 23.3. The Hall–Kier alpha value is -2.18. The van der Waals surface area contributed by atoms with Gasteiger partial charge in [0, 0.05) is 12.8 Å². The van der Waals surface area contributed by atoms with Crippen molar-refractivity contribution < 1.29 is 24.5 Å². The van der Waals surface area contributed by atoms with E-state index in [0.29, 0.717) is 19.4 Å². The van der Waals surface area contributed by atoms with Gasteiger partial charge in [-0.3, -0.25) is 9.59 Å². The molecule has 6 heteroatoms. The molecule has 0 saturated heterocycles. The zero-order valence-electron chi connectivity index (χ0n) is 52.4. The molecule has 458 valence electrons. The Morgan fingerprint density at radius 3 is 1.00 bits per heavy atom. The third kappa shape index (κ3) is 63.0. The van der Waals surface area contributed by atoms with Crippen molar-refractivity contribution in [2.45, 2.75) is 386 Å². The molecule has 6 nitrogen and oxygen atoms in total. The van der Waals surface area contributed by atoms with Crippen LogP contribution in [0.25, 0.3) is 0 Å². The number of aliphatic hydroxyl groups excluding tert-OH is 2. The Morgan fingerprint density at radius 2 is 0.641 bits per heavy atom. The maximum absolute atomic E-state index is 12.5. The van der Waals surface area contributed by atoms with Gasteiger partial charge in [0.25, 0.3) is 0 Å². The van der Waals surface area contributed by atoms with Crippen LogP contribution in [-0.4, -0.2) is 47.4 Å². The van der Waals surface area contributed by atoms with Crippen LogP contribution < -0.4 is 5.32 Å². The van der Waals surface area contributed by atoms with Crippen LogP contribution in [0.1, 0.15) is 373 Å². The lowest BCUT2D eigenvalue weighted by Crippen LogP contribution is -2.45. The largest absolute Gasteiger partial charge is 0.466 e. The monoisotopic (exact) mass is 1090 g/mol. The summed E-state index contributed by atoms with van der Waals surface area (Å²) in [5.74, 6) is -0.0784. The number of nitrogens with one attached hydrogen (secondary N) is 1. The Labute approximate surface area is 486 Å². The molecule has 0 aromatic heterocycles. The van der Waals surface area contributed by atoms with Gasteiger partial charge in [0.1, 0.15) is 0 Å². The predicted octanol–water partition coefficient (Wildman–Crippen LogP) is 22.5. The number of carbonyl (C=O) groups is 2. The van der Waals surface area contributed by atoms with E-state index in [2.05, 4.69) is 55.6 Å². The van der Waals surface area contributed by atoms with Crippen molar-refractivity contribution in [2.75, 3.05) is 13.2 Å². The van der Waals surface area contributed by atoms with Gasteiger partial charge in [0.2, 0.25) is 5.91 Å². The average Bonchev–Trinajstić information content (AvgIpc) is 3.44. The number of carbonyl (C=O) groups excluding carboxylic acids is 2. The number of amides is 1. The summed E-state index contributed by atoms with van der Waals surface area (Å²) in [6, 6.07) is -0.638. The molecule has 0 saturated carbocycles. The summed E-state index contributed by atoms with van der Waals surface area (Å²) in [7, 11) is 0. The van der Waals surface area contributed by atoms with Gasteiger partial charge in [-0.2, -0.15) is 0 Å². The summed E-state index contributed by atoms with van der Waals surface area (Å²) >= 11 is 0. The van der Waals surface area contributed by atoms with E-state index in [9.17, 15) is 19.8 Å². The lowest BCUT2D eigenvalue weighted by Gasteiger charge is -2.20. The second-order valence-corrected chi connectivity index (χ2v) is 23.9. The van der Waals surface area contributed by atoms with E-state index in [-0.39, 0.29) is 18.5 Å². The van der Waals surface area contributed by atoms with Gasteiger partial charge in [0.15, 0.2) is 0 Å². The van der Waals surface area contributed by atoms with Crippen LogP contribution in [0.3, 0.4) is 0 Å². The van der Waals surface area contributed by atoms with Gasteiger partial charge in [-0.05, 0) is 89.9 Å². The van der Waals surface area contributed by atoms with Gasteiger partial charge in [-0.25, -0.2) is 0 Å². The molecule has 78 heavy (non-hydrogen) atoms. The van der Waals surface area contributed by atoms with Crippen molar-refractivity contribution >= 4 is 11.9 Å². The number of hydrogen-bond donors (Lipinski definition) is 3. The summed E-state index contributed by atoms with van der Waals surface area (Å²) in [5.41, 5.74) is 0. The maximum atomic E-state index is 12.5. The first-order valence-corrected chi connectivity index (χ1v) is 34.9. The Bertz CT molecular complexity index is 1310. The molecule has 0 aliphatic rings. The van der Waals surface area contributed by atoms with E-state index in [1.54, 1.807) is 6.08 Å². The number of allylic oxidation sites excluding steroid dienone is 7. The molecular weight excluding hydrogens is 959 g/mol. The lowest BCUT2D eigenvalue weighted by molar-refractivity contribution is -0.143. The van der Waals surface area contributed by atoms with Crippen LogP contribution in [0.4, 0.5) is 0 Å². The zero-order valence-corrected chi connectivity index (χ0v) is 52.4. The molecule has 0 radical (unpaired) electrons. The molecule has 3 N–H and O–H groups in total. The van der Waals surface area contributed by atoms with Crippen LogP contribution in [-0.2, 0) is 14.3 Å². The summed E-state index contributed by atoms with van der Waals surface area (Å²) < 4.78 is 5.49. The second-order valence-electron chi connectivity index (χ2n) is 23.9. The van der Waals surface area contributed by atoms with Gasteiger partial charge in [0.05, 0.1) is 25.4 Å². The highest BCUT2D eigenvalue weighted by Gasteiger charge is 2.18. The van der Waals surface area contributed by atoms with Crippen molar-refractivity contribution in [1.82, 2.24) is 5.32 Å². The molecule has 0 aliphatic heterocycles. The van der Waals surface area contributed by atoms with Gasteiger partial charge in [-0.15, -0.1) is 0 Å². The Balaban J connectivity index is 3.46. The summed E-state index contributed by atoms with van der Waals surface area (Å²) in [6.45, 7) is 4.90. The number of unbranched alkanes of at least 4 members (excludes halogenated alkanes) is 48. The molecule has 0 bridgehead atoms. The van der Waals surface area contributed by atoms with Crippen molar-refractivity contribution in [1.29, 1.82) is 0 Å². The molecule has 2 atom stereocenters. The Morgan fingerprint density at radius 1 is 0.359 bits per heavy atom. The first-order valence-electron chi connectivity index (χ1n) is 34.9. The van der Waals surface area contributed by atoms with E-state index in [4.69, 9.17) is 4.74 Å². The molecule has 0 heterocycles. The molecule has 0 rings (SSSR count). The smallest absolute Gasteiger partial charge is 0.305 e. The second kappa shape index (κ2) is 67.3. The van der Waals surface area contributed by atoms with Crippen LogP contribution in [0, 0.1) is 0 Å². The molecule has 0 aromatic carbocycles. The molecule has 1 amide bonds. The molecule has 0 aliphatic carbocycles. The highest BCUT2D eigenvalue weighted by Crippen LogP contribution is 2.18. The number of rotatable bonds is 65. The molecular formula is C72H135NO5. The van der Waals surface area contributed by atoms with Crippen molar-refractivity contribution in [3.05, 3.63) is 48.6 Å². The number of hydrogen-bond acceptors (Lipinski definition) is 5. The van der Waals surface area contributed by atoms with Gasteiger partial charge in [-0.1, -0.05) is 319 Å². The van der Waals surface area contributed by atoms with E-state index < -0.39 is 12.1 Å². The van der Waals surface area contributed by atoms with Gasteiger partial charge >= 0.3 is 5.97 Å². The normalized spacial score (nSPS) is 12.8. The lowest BCUT2D eigenvalue weighted by atomic mass is 10.0. The van der Waals surface area contributed by atoms with E-state index in [0.717, 1.165) is 64.2 Å². The Kier molecular flexibility index (Phi) is 65.4. The van der Waals surface area contributed by atoms with E-state index in [1.807, 2.05) is 6.08 Å². The fourth-order valence-corrected chi connectivity index (χ4v) is 10.7. The van der Waals surface area contributed by atoms with Crippen molar-refractivity contribution in [2.24, 2.45) is 0 Å². The first kappa shape index (κ1) is 75.8. The van der Waals surface area contributed by atoms with Crippen molar-refractivity contribution in [3.8, 4) is 0 Å². The summed E-state index contributed by atoms with van der Waals surface area (Å²) in [6.07, 6.45) is 87.4. The standard InChI is InChI=1S/C72H135NO5/c1-3-5-7-9-11-13-15-17-19-21-23-24-25-26-27-29-32-36-40-44-48-52-56-60-64-70(75)69(68-74)73-71(76)65-61-57-53-49-45-41-37-33-30-28-31-35-39-43-47-51-55-59-63-67-78-72(77)66-62-58-54-50-46-42-38-34-22-20-18-16-14-12-10-8-6-4-2/h14,16,20,22,28,30,60,64,69-70,74-75H,3-13,15,17-19,21,23-27,29,31-59,61-63,65-68H2,1-2H3,(H,73,76)/b16-14-,22-20-,30-28-,64-60+. The minimum Gasteiger partial charge on any atom is -0.466 e. The molecule has 0 aromatic rings. The molecule has 0 spiro atoms. The SMILES string of the molecule is CCCCCC/C=C\C/C=C\CCCCCCCCCC(=O)OCCCCCCCCCC/C=C\CCCCCCCCCC(=O)NC(CO)C(O)/C=C/CCCCCCCCCCCCCCCCCCCCCCCC. The predicted molar refractivity (Wildman–Crippen MR) is 342 cm³/mol. The number of ether oxygens (including phenoxy) is 1. The third-order valence-electron chi connectivity index (χ3n) is 16.1. The zero-order chi connectivity index (χ0) is 56.4. The van der Waals surface area contributed by atoms with Crippen molar-refractivity contribution in [3.63, 3.8) is 0 Å². The van der Waals surface area contributed by atoms with E-state index in [1.165, 1.54) is 283 Å². The fourth-order valence-electron chi connectivity index (χ4n) is 10.7. The molecule has 0 fully saturated rings. The third-order valence-corrected chi connectivity index (χ3v) is 16.1. The first-order chi connectivity index (χ1) is 38.5. The van der Waals surface area contributed by atoms with Crippen LogP contribution in [0.2, 0.25) is 0 Å². The highest BCUT2D eigenvalue weighted by atomic mass is 16.5. The maximum Gasteiger partial charge on any atom is 0.305 e. The van der Waals surface area contributed by atoms with Gasteiger partial charge < -0.3 is 20.3 Å². The van der Waals surface area contributed by atoms with Crippen LogP contribution in [0.15, 0.2) is 48.6 Å². The van der Waals surface area contributed by atoms with Crippen LogP contribution >= 0.6 is 0 Å².